The van der Waals surface area contributed by atoms with E-state index in [4.69, 9.17) is 11.6 Å². The first-order valence-electron chi connectivity index (χ1n) is 6.18. The molecule has 96 valence electrons. The normalized spacial score (nSPS) is 11.1. The molecule has 0 aliphatic rings. The molecule has 18 heavy (non-hydrogen) atoms. The second-order valence-electron chi connectivity index (χ2n) is 4.61. The third-order valence-corrected chi connectivity index (χ3v) is 2.91. The number of imidazole rings is 1. The summed E-state index contributed by atoms with van der Waals surface area (Å²) in [5.41, 5.74) is 2.08. The number of H-pyrrole nitrogens is 1. The Morgan fingerprint density at radius 1 is 1.39 bits per heavy atom. The molecule has 0 bridgehead atoms. The van der Waals surface area contributed by atoms with Crippen LogP contribution in [0.25, 0.3) is 11.3 Å². The van der Waals surface area contributed by atoms with Crippen LogP contribution in [-0.2, 0) is 6.42 Å². The number of halogens is 1. The summed E-state index contributed by atoms with van der Waals surface area (Å²) in [7, 11) is 0. The number of nitrogens with zero attached hydrogens (tertiary/aromatic N) is 1. The molecular weight excluding hydrogens is 246 g/mol. The zero-order chi connectivity index (χ0) is 13.0. The highest BCUT2D eigenvalue weighted by Gasteiger charge is 2.04. The molecule has 0 fully saturated rings. The lowest BCUT2D eigenvalue weighted by molar-refractivity contribution is 0.584. The van der Waals surface area contributed by atoms with Crippen LogP contribution in [0.3, 0.4) is 0 Å². The van der Waals surface area contributed by atoms with E-state index >= 15 is 0 Å². The maximum atomic E-state index is 5.98. The summed E-state index contributed by atoms with van der Waals surface area (Å²) >= 11 is 5.98. The third kappa shape index (κ3) is 3.59. The van der Waals surface area contributed by atoms with Crippen LogP contribution >= 0.6 is 11.6 Å². The number of hydrogen-bond acceptors (Lipinski definition) is 2. The van der Waals surface area contributed by atoms with Gasteiger partial charge in [0.1, 0.15) is 5.82 Å². The van der Waals surface area contributed by atoms with Gasteiger partial charge in [0.25, 0.3) is 0 Å². The molecule has 0 amide bonds. The van der Waals surface area contributed by atoms with E-state index in [0.717, 1.165) is 35.1 Å². The van der Waals surface area contributed by atoms with Gasteiger partial charge in [-0.1, -0.05) is 37.6 Å². The second-order valence-corrected chi connectivity index (χ2v) is 5.05. The molecule has 1 aromatic carbocycles. The van der Waals surface area contributed by atoms with Crippen molar-refractivity contribution in [1.82, 2.24) is 15.3 Å². The van der Waals surface area contributed by atoms with Crippen LogP contribution in [0.2, 0.25) is 5.02 Å². The van der Waals surface area contributed by atoms with Gasteiger partial charge in [-0.2, -0.15) is 0 Å². The second kappa shape index (κ2) is 6.03. The summed E-state index contributed by atoms with van der Waals surface area (Å²) in [6.07, 6.45) is 2.76. The molecule has 0 unspecified atom stereocenters. The fourth-order valence-corrected chi connectivity index (χ4v) is 1.96. The van der Waals surface area contributed by atoms with Crippen LogP contribution in [0.1, 0.15) is 19.7 Å². The average Bonchev–Trinajstić information content (AvgIpc) is 2.77. The molecule has 2 rings (SSSR count). The molecule has 3 nitrogen and oxygen atoms in total. The number of benzene rings is 1. The standard InChI is InChI=1S/C14H18ClN3/c1-10(2)16-7-6-14-17-9-13(18-14)11-4-3-5-12(15)8-11/h3-5,8-10,16H,6-7H2,1-2H3,(H,17,18). The van der Waals surface area contributed by atoms with E-state index < -0.39 is 0 Å². The Balaban J connectivity index is 2.02. The highest BCUT2D eigenvalue weighted by molar-refractivity contribution is 6.30. The van der Waals surface area contributed by atoms with Crippen molar-refractivity contribution >= 4 is 11.6 Å². The monoisotopic (exact) mass is 263 g/mol. The lowest BCUT2D eigenvalue weighted by Crippen LogP contribution is -2.25. The Morgan fingerprint density at radius 2 is 2.22 bits per heavy atom. The molecule has 1 heterocycles. The van der Waals surface area contributed by atoms with Gasteiger partial charge in [0.2, 0.25) is 0 Å². The number of aromatic nitrogens is 2. The van der Waals surface area contributed by atoms with Gasteiger partial charge < -0.3 is 10.3 Å². The minimum Gasteiger partial charge on any atom is -0.342 e. The van der Waals surface area contributed by atoms with Gasteiger partial charge in [0.05, 0.1) is 11.9 Å². The van der Waals surface area contributed by atoms with Crippen LogP contribution < -0.4 is 5.32 Å². The van der Waals surface area contributed by atoms with Crippen LogP contribution in [0.5, 0.6) is 0 Å². The summed E-state index contributed by atoms with van der Waals surface area (Å²) in [6, 6.07) is 8.28. The van der Waals surface area contributed by atoms with Crippen LogP contribution in [0, 0.1) is 0 Å². The Hall–Kier alpha value is -1.32. The van der Waals surface area contributed by atoms with Crippen LogP contribution in [0.4, 0.5) is 0 Å². The molecule has 0 aliphatic heterocycles. The maximum absolute atomic E-state index is 5.98. The highest BCUT2D eigenvalue weighted by Crippen LogP contribution is 2.20. The third-order valence-electron chi connectivity index (χ3n) is 2.68. The van der Waals surface area contributed by atoms with Crippen molar-refractivity contribution in [1.29, 1.82) is 0 Å². The van der Waals surface area contributed by atoms with E-state index in [1.807, 2.05) is 30.5 Å². The van der Waals surface area contributed by atoms with E-state index in [0.29, 0.717) is 6.04 Å². The molecule has 2 aromatic rings. The number of aromatic amines is 1. The Bertz CT molecular complexity index is 505. The molecule has 1 aromatic heterocycles. The summed E-state index contributed by atoms with van der Waals surface area (Å²) in [6.45, 7) is 5.21. The zero-order valence-electron chi connectivity index (χ0n) is 10.7. The van der Waals surface area contributed by atoms with Crippen molar-refractivity contribution in [3.8, 4) is 11.3 Å². The smallest absolute Gasteiger partial charge is 0.107 e. The molecular formula is C14H18ClN3. The summed E-state index contributed by atoms with van der Waals surface area (Å²) in [5, 5.41) is 4.11. The number of hydrogen-bond donors (Lipinski definition) is 2. The lowest BCUT2D eigenvalue weighted by Gasteiger charge is -2.05. The Labute approximate surface area is 113 Å². The molecule has 0 saturated carbocycles. The Kier molecular flexibility index (Phi) is 4.39. The topological polar surface area (TPSA) is 40.7 Å². The van der Waals surface area contributed by atoms with Gasteiger partial charge in [-0.15, -0.1) is 0 Å². The molecule has 0 saturated heterocycles. The van der Waals surface area contributed by atoms with Crippen molar-refractivity contribution in [2.24, 2.45) is 0 Å². The minimum absolute atomic E-state index is 0.507. The predicted molar refractivity (Wildman–Crippen MR) is 75.9 cm³/mol. The summed E-state index contributed by atoms with van der Waals surface area (Å²) in [5.74, 6) is 0.998. The van der Waals surface area contributed by atoms with Gasteiger partial charge in [-0.25, -0.2) is 4.98 Å². The van der Waals surface area contributed by atoms with E-state index in [2.05, 4.69) is 29.1 Å². The SMILES string of the molecule is CC(C)NCCc1ncc(-c2cccc(Cl)c2)[nH]1. The van der Waals surface area contributed by atoms with E-state index in [1.165, 1.54) is 0 Å². The van der Waals surface area contributed by atoms with E-state index in [1.54, 1.807) is 0 Å². The first-order valence-corrected chi connectivity index (χ1v) is 6.56. The lowest BCUT2D eigenvalue weighted by atomic mass is 10.2. The maximum Gasteiger partial charge on any atom is 0.107 e. The van der Waals surface area contributed by atoms with E-state index in [9.17, 15) is 0 Å². The molecule has 0 atom stereocenters. The largest absolute Gasteiger partial charge is 0.342 e. The Morgan fingerprint density at radius 3 is 2.94 bits per heavy atom. The molecule has 0 radical (unpaired) electrons. The first-order chi connectivity index (χ1) is 8.65. The fraction of sp³-hybridized carbons (Fsp3) is 0.357. The van der Waals surface area contributed by atoms with Crippen molar-refractivity contribution < 1.29 is 0 Å². The summed E-state index contributed by atoms with van der Waals surface area (Å²) < 4.78 is 0. The number of nitrogens with one attached hydrogen (secondary N) is 2. The van der Waals surface area contributed by atoms with Gasteiger partial charge in [-0.3, -0.25) is 0 Å². The van der Waals surface area contributed by atoms with Crippen molar-refractivity contribution in [2.45, 2.75) is 26.3 Å². The molecule has 2 N–H and O–H groups in total. The zero-order valence-corrected chi connectivity index (χ0v) is 11.5. The fourth-order valence-electron chi connectivity index (χ4n) is 1.77. The molecule has 0 spiro atoms. The van der Waals surface area contributed by atoms with Crippen molar-refractivity contribution in [3.63, 3.8) is 0 Å². The molecule has 0 aliphatic carbocycles. The quantitative estimate of drug-likeness (QED) is 0.869. The van der Waals surface area contributed by atoms with Crippen LogP contribution in [0.15, 0.2) is 30.5 Å². The minimum atomic E-state index is 0.507. The van der Waals surface area contributed by atoms with E-state index in [-0.39, 0.29) is 0 Å². The highest BCUT2D eigenvalue weighted by atomic mass is 35.5. The van der Waals surface area contributed by atoms with Crippen molar-refractivity contribution in [2.75, 3.05) is 6.54 Å². The van der Waals surface area contributed by atoms with Gasteiger partial charge in [0.15, 0.2) is 0 Å². The van der Waals surface area contributed by atoms with Crippen LogP contribution in [-0.4, -0.2) is 22.6 Å². The number of rotatable bonds is 5. The van der Waals surface area contributed by atoms with Crippen molar-refractivity contribution in [3.05, 3.63) is 41.3 Å². The van der Waals surface area contributed by atoms with Gasteiger partial charge >= 0.3 is 0 Å². The van der Waals surface area contributed by atoms with Gasteiger partial charge in [0, 0.05) is 29.6 Å². The predicted octanol–water partition coefficient (Wildman–Crippen LogP) is 3.27. The molecule has 4 heteroatoms. The average molecular weight is 264 g/mol. The van der Waals surface area contributed by atoms with Gasteiger partial charge in [-0.05, 0) is 12.1 Å². The summed E-state index contributed by atoms with van der Waals surface area (Å²) in [4.78, 5) is 7.70. The first kappa shape index (κ1) is 13.1.